The molecule has 0 saturated carbocycles. The van der Waals surface area contributed by atoms with E-state index in [1.165, 1.54) is 16.3 Å². The lowest BCUT2D eigenvalue weighted by Crippen LogP contribution is -2.36. The van der Waals surface area contributed by atoms with Crippen molar-refractivity contribution in [2.24, 2.45) is 5.73 Å². The molecular weight excluding hydrogens is 198 g/mol. The highest BCUT2D eigenvalue weighted by Crippen LogP contribution is 2.27. The van der Waals surface area contributed by atoms with Gasteiger partial charge in [0.1, 0.15) is 0 Å². The number of benzene rings is 2. The van der Waals surface area contributed by atoms with E-state index < -0.39 is 0 Å². The Morgan fingerprint density at radius 2 is 1.81 bits per heavy atom. The van der Waals surface area contributed by atoms with Gasteiger partial charge in [0.05, 0.1) is 6.17 Å². The highest BCUT2D eigenvalue weighted by molar-refractivity contribution is 5.86. The van der Waals surface area contributed by atoms with E-state index in [1.54, 1.807) is 0 Å². The highest BCUT2D eigenvalue weighted by atomic mass is 15.4. The fourth-order valence-corrected chi connectivity index (χ4v) is 2.34. The monoisotopic (exact) mass is 213 g/mol. The molecule has 0 aliphatic carbocycles. The van der Waals surface area contributed by atoms with E-state index in [1.807, 2.05) is 0 Å². The SMILES string of the molecule is NC1CC(c2cccc3ccccc23)NN1. The van der Waals surface area contributed by atoms with Crippen LogP contribution >= 0.6 is 0 Å². The molecule has 4 N–H and O–H groups in total. The minimum absolute atomic E-state index is 0.0453. The number of hydrogen-bond donors (Lipinski definition) is 3. The lowest BCUT2D eigenvalue weighted by Gasteiger charge is -2.12. The van der Waals surface area contributed by atoms with Gasteiger partial charge in [0.25, 0.3) is 0 Å². The van der Waals surface area contributed by atoms with E-state index in [-0.39, 0.29) is 6.17 Å². The molecule has 0 bridgehead atoms. The molecule has 0 radical (unpaired) electrons. The predicted octanol–water partition coefficient (Wildman–Crippen LogP) is 1.66. The van der Waals surface area contributed by atoms with Crippen molar-refractivity contribution in [3.8, 4) is 0 Å². The maximum Gasteiger partial charge on any atom is 0.0698 e. The molecule has 16 heavy (non-hydrogen) atoms. The largest absolute Gasteiger partial charge is 0.315 e. The fourth-order valence-electron chi connectivity index (χ4n) is 2.34. The van der Waals surface area contributed by atoms with Crippen LogP contribution in [0.4, 0.5) is 0 Å². The molecule has 0 amide bonds. The molecule has 1 aliphatic heterocycles. The Kier molecular flexibility index (Phi) is 2.36. The Bertz CT molecular complexity index is 504. The van der Waals surface area contributed by atoms with Crippen LogP contribution in [0.5, 0.6) is 0 Å². The van der Waals surface area contributed by atoms with Crippen LogP contribution in [0.25, 0.3) is 10.8 Å². The molecule has 1 fully saturated rings. The van der Waals surface area contributed by atoms with Crippen LogP contribution in [-0.4, -0.2) is 6.17 Å². The smallest absolute Gasteiger partial charge is 0.0698 e. The third-order valence-electron chi connectivity index (χ3n) is 3.13. The van der Waals surface area contributed by atoms with Crippen LogP contribution in [0.1, 0.15) is 18.0 Å². The topological polar surface area (TPSA) is 50.1 Å². The second kappa shape index (κ2) is 3.87. The maximum atomic E-state index is 5.83. The second-order valence-electron chi connectivity index (χ2n) is 4.25. The molecule has 2 atom stereocenters. The van der Waals surface area contributed by atoms with E-state index in [9.17, 15) is 0 Å². The van der Waals surface area contributed by atoms with Gasteiger partial charge in [-0.05, 0) is 22.8 Å². The zero-order chi connectivity index (χ0) is 11.0. The van der Waals surface area contributed by atoms with E-state index in [4.69, 9.17) is 5.73 Å². The Balaban J connectivity index is 2.09. The van der Waals surface area contributed by atoms with Crippen molar-refractivity contribution >= 4 is 10.8 Å². The molecule has 0 aromatic heterocycles. The van der Waals surface area contributed by atoms with Crippen molar-refractivity contribution in [2.75, 3.05) is 0 Å². The van der Waals surface area contributed by atoms with E-state index in [0.29, 0.717) is 6.04 Å². The van der Waals surface area contributed by atoms with E-state index in [0.717, 1.165) is 6.42 Å². The van der Waals surface area contributed by atoms with Crippen molar-refractivity contribution in [3.63, 3.8) is 0 Å². The van der Waals surface area contributed by atoms with Gasteiger partial charge in [-0.1, -0.05) is 42.5 Å². The molecule has 82 valence electrons. The van der Waals surface area contributed by atoms with Gasteiger partial charge in [-0.15, -0.1) is 0 Å². The standard InChI is InChI=1S/C13H15N3/c14-13-8-12(15-16-13)11-7-3-5-9-4-1-2-6-10(9)11/h1-7,12-13,15-16H,8,14H2. The summed E-state index contributed by atoms with van der Waals surface area (Å²) < 4.78 is 0. The number of nitrogens with one attached hydrogen (secondary N) is 2. The van der Waals surface area contributed by atoms with Crippen LogP contribution in [0.2, 0.25) is 0 Å². The quantitative estimate of drug-likeness (QED) is 0.675. The number of fused-ring (bicyclic) bond motifs is 1. The number of rotatable bonds is 1. The minimum atomic E-state index is 0.0453. The third kappa shape index (κ3) is 1.59. The molecular formula is C13H15N3. The van der Waals surface area contributed by atoms with E-state index >= 15 is 0 Å². The first-order valence-electron chi connectivity index (χ1n) is 5.59. The Labute approximate surface area is 94.6 Å². The average molecular weight is 213 g/mol. The maximum absolute atomic E-state index is 5.83. The zero-order valence-electron chi connectivity index (χ0n) is 8.98. The van der Waals surface area contributed by atoms with Gasteiger partial charge >= 0.3 is 0 Å². The summed E-state index contributed by atoms with van der Waals surface area (Å²) in [6.45, 7) is 0. The molecule has 1 saturated heterocycles. The van der Waals surface area contributed by atoms with Crippen LogP contribution in [0.3, 0.4) is 0 Å². The zero-order valence-corrected chi connectivity index (χ0v) is 8.98. The Morgan fingerprint density at radius 1 is 1.00 bits per heavy atom. The van der Waals surface area contributed by atoms with Gasteiger partial charge in [-0.3, -0.25) is 0 Å². The molecule has 0 spiro atoms. The van der Waals surface area contributed by atoms with Crippen molar-refractivity contribution < 1.29 is 0 Å². The lowest BCUT2D eigenvalue weighted by atomic mass is 9.97. The molecule has 2 aromatic carbocycles. The molecule has 3 rings (SSSR count). The van der Waals surface area contributed by atoms with Crippen molar-refractivity contribution in [2.45, 2.75) is 18.6 Å². The van der Waals surface area contributed by atoms with Gasteiger partial charge < -0.3 is 5.73 Å². The van der Waals surface area contributed by atoms with Crippen molar-refractivity contribution in [1.29, 1.82) is 0 Å². The fraction of sp³-hybridized carbons (Fsp3) is 0.231. The predicted molar refractivity (Wildman–Crippen MR) is 65.6 cm³/mol. The normalized spacial score (nSPS) is 25.1. The third-order valence-corrected chi connectivity index (χ3v) is 3.13. The first-order chi connectivity index (χ1) is 7.84. The van der Waals surface area contributed by atoms with Crippen molar-refractivity contribution in [1.82, 2.24) is 10.9 Å². The highest BCUT2D eigenvalue weighted by Gasteiger charge is 2.22. The molecule has 3 nitrogen and oxygen atoms in total. The van der Waals surface area contributed by atoms with Crippen LogP contribution in [0.15, 0.2) is 42.5 Å². The summed E-state index contributed by atoms with van der Waals surface area (Å²) in [5, 5.41) is 2.58. The van der Waals surface area contributed by atoms with Crippen LogP contribution in [-0.2, 0) is 0 Å². The Morgan fingerprint density at radius 3 is 2.62 bits per heavy atom. The van der Waals surface area contributed by atoms with Crippen LogP contribution in [0, 0.1) is 0 Å². The molecule has 1 aliphatic rings. The first kappa shape index (κ1) is 9.78. The van der Waals surface area contributed by atoms with Gasteiger partial charge in [0.2, 0.25) is 0 Å². The summed E-state index contributed by atoms with van der Waals surface area (Å²) in [4.78, 5) is 0. The van der Waals surface area contributed by atoms with Crippen molar-refractivity contribution in [3.05, 3.63) is 48.0 Å². The van der Waals surface area contributed by atoms with Crippen LogP contribution < -0.4 is 16.6 Å². The second-order valence-corrected chi connectivity index (χ2v) is 4.25. The molecule has 2 aromatic rings. The van der Waals surface area contributed by atoms with Gasteiger partial charge in [-0.25, -0.2) is 10.9 Å². The first-order valence-corrected chi connectivity index (χ1v) is 5.59. The van der Waals surface area contributed by atoms with Gasteiger partial charge in [0, 0.05) is 6.04 Å². The summed E-state index contributed by atoms with van der Waals surface area (Å²) in [7, 11) is 0. The van der Waals surface area contributed by atoms with Gasteiger partial charge in [0.15, 0.2) is 0 Å². The molecule has 2 unspecified atom stereocenters. The molecule has 3 heteroatoms. The Hall–Kier alpha value is -1.42. The lowest BCUT2D eigenvalue weighted by molar-refractivity contribution is 0.553. The summed E-state index contributed by atoms with van der Waals surface area (Å²) in [5.74, 6) is 0. The summed E-state index contributed by atoms with van der Waals surface area (Å²) in [5.41, 5.74) is 13.5. The summed E-state index contributed by atoms with van der Waals surface area (Å²) >= 11 is 0. The number of hydrazine groups is 1. The minimum Gasteiger partial charge on any atom is -0.315 e. The average Bonchev–Trinajstić information content (AvgIpc) is 2.75. The molecule has 1 heterocycles. The number of nitrogens with two attached hydrogens (primary N) is 1. The van der Waals surface area contributed by atoms with E-state index in [2.05, 4.69) is 53.3 Å². The summed E-state index contributed by atoms with van der Waals surface area (Å²) in [6.07, 6.45) is 0.970. The number of hydrogen-bond acceptors (Lipinski definition) is 3. The van der Waals surface area contributed by atoms with Gasteiger partial charge in [-0.2, -0.15) is 0 Å². The summed E-state index contributed by atoms with van der Waals surface area (Å²) in [6, 6.07) is 15.2.